The van der Waals surface area contributed by atoms with Crippen LogP contribution in [0.3, 0.4) is 0 Å². The highest BCUT2D eigenvalue weighted by Crippen LogP contribution is 2.37. The number of thioether (sulfide) groups is 1. The van der Waals surface area contributed by atoms with Gasteiger partial charge in [-0.05, 0) is 54.6 Å². The van der Waals surface area contributed by atoms with Crippen LogP contribution in [-0.2, 0) is 11.3 Å². The highest BCUT2D eigenvalue weighted by molar-refractivity contribution is 8.00. The van der Waals surface area contributed by atoms with Gasteiger partial charge in [0.1, 0.15) is 0 Å². The molecular weight excluding hydrogens is 473 g/mol. The van der Waals surface area contributed by atoms with Crippen molar-refractivity contribution in [1.29, 1.82) is 0 Å². The van der Waals surface area contributed by atoms with Crippen LogP contribution in [0.2, 0.25) is 0 Å². The summed E-state index contributed by atoms with van der Waals surface area (Å²) in [6.07, 6.45) is 2.96. The number of hydrogen-bond donors (Lipinski definition) is 1. The number of aromatic hydroxyl groups is 1. The smallest absolute Gasteiger partial charge is 0.446 e. The van der Waals surface area contributed by atoms with Gasteiger partial charge in [-0.2, -0.15) is 13.2 Å². The van der Waals surface area contributed by atoms with Crippen LogP contribution in [0.1, 0.15) is 21.6 Å². The van der Waals surface area contributed by atoms with E-state index in [0.717, 1.165) is 4.57 Å². The predicted octanol–water partition coefficient (Wildman–Crippen LogP) is 3.18. The first-order valence-electron chi connectivity index (χ1n) is 10.3. The number of benzene rings is 1. The number of amides is 1. The van der Waals surface area contributed by atoms with Gasteiger partial charge in [-0.1, -0.05) is 0 Å². The number of hydrogen-bond acceptors (Lipinski definition) is 6. The minimum atomic E-state index is -4.43. The molecule has 2 aromatic heterocycles. The molecule has 1 fully saturated rings. The van der Waals surface area contributed by atoms with E-state index in [4.69, 9.17) is 4.74 Å². The van der Waals surface area contributed by atoms with E-state index in [2.05, 4.69) is 4.98 Å². The third-order valence-corrected chi connectivity index (χ3v) is 6.20. The van der Waals surface area contributed by atoms with Gasteiger partial charge < -0.3 is 14.7 Å². The molecule has 0 bridgehead atoms. The lowest BCUT2D eigenvalue weighted by Gasteiger charge is -2.27. The zero-order valence-corrected chi connectivity index (χ0v) is 18.9. The average Bonchev–Trinajstić information content (AvgIpc) is 3.02. The Bertz CT molecular complexity index is 1250. The van der Waals surface area contributed by atoms with Crippen LogP contribution in [0.4, 0.5) is 13.2 Å². The Hall–Kier alpha value is -3.25. The Balaban J connectivity index is 1.65. The molecule has 1 saturated heterocycles. The van der Waals surface area contributed by atoms with E-state index in [1.807, 2.05) is 0 Å². The van der Waals surface area contributed by atoms with Gasteiger partial charge >= 0.3 is 11.2 Å². The quantitative estimate of drug-likeness (QED) is 0.548. The molecular formula is C22H21F3N4O4S. The van der Waals surface area contributed by atoms with Crippen LogP contribution in [0.25, 0.3) is 5.69 Å². The van der Waals surface area contributed by atoms with Gasteiger partial charge in [0.15, 0.2) is 0 Å². The van der Waals surface area contributed by atoms with Gasteiger partial charge in [-0.3, -0.25) is 14.3 Å². The molecule has 0 atom stereocenters. The van der Waals surface area contributed by atoms with Gasteiger partial charge in [0.05, 0.1) is 36.7 Å². The van der Waals surface area contributed by atoms with Crippen molar-refractivity contribution in [2.45, 2.75) is 23.9 Å². The SMILES string of the molecule is Cc1c(O)n(-c2ccc(SC(F)(F)F)cc2)c(=O)n1Cc1ccncc1C(=O)N1CCOCC1. The molecule has 0 radical (unpaired) electrons. The molecule has 34 heavy (non-hydrogen) atoms. The second kappa shape index (κ2) is 9.55. The normalized spacial score (nSPS) is 14.4. The van der Waals surface area contributed by atoms with E-state index in [1.165, 1.54) is 41.2 Å². The standard InChI is InChI=1S/C22H21F3N4O4S/c1-14-19(30)29(16-2-4-17(5-3-16)34-22(23,24)25)21(32)28(14)13-15-6-7-26-12-18(15)20(31)27-8-10-33-11-9-27/h2-7,12,30H,8-11,13H2,1H3. The fourth-order valence-corrected chi connectivity index (χ4v) is 4.25. The van der Waals surface area contributed by atoms with E-state index < -0.39 is 11.2 Å². The van der Waals surface area contributed by atoms with E-state index in [-0.39, 0.29) is 46.4 Å². The van der Waals surface area contributed by atoms with Crippen molar-refractivity contribution in [1.82, 2.24) is 19.0 Å². The second-order valence-electron chi connectivity index (χ2n) is 7.59. The highest BCUT2D eigenvalue weighted by atomic mass is 32.2. The average molecular weight is 494 g/mol. The zero-order chi connectivity index (χ0) is 24.5. The molecule has 180 valence electrons. The molecule has 3 aromatic rings. The number of pyridine rings is 1. The van der Waals surface area contributed by atoms with Crippen molar-refractivity contribution in [2.75, 3.05) is 26.3 Å². The molecule has 8 nitrogen and oxygen atoms in total. The number of alkyl halides is 3. The fraction of sp³-hybridized carbons (Fsp3) is 0.318. The van der Waals surface area contributed by atoms with E-state index in [1.54, 1.807) is 17.9 Å². The summed E-state index contributed by atoms with van der Waals surface area (Å²) < 4.78 is 45.4. The van der Waals surface area contributed by atoms with Crippen LogP contribution in [-0.4, -0.2) is 61.8 Å². The topological polar surface area (TPSA) is 89.6 Å². The molecule has 0 unspecified atom stereocenters. The highest BCUT2D eigenvalue weighted by Gasteiger charge is 2.29. The van der Waals surface area contributed by atoms with Gasteiger partial charge in [-0.25, -0.2) is 9.36 Å². The summed E-state index contributed by atoms with van der Waals surface area (Å²) in [7, 11) is 0. The molecule has 0 spiro atoms. The van der Waals surface area contributed by atoms with Crippen molar-refractivity contribution in [3.63, 3.8) is 0 Å². The van der Waals surface area contributed by atoms with Gasteiger partial charge in [-0.15, -0.1) is 0 Å². The molecule has 0 aliphatic carbocycles. The number of rotatable bonds is 5. The predicted molar refractivity (Wildman–Crippen MR) is 118 cm³/mol. The maximum atomic E-state index is 13.2. The Morgan fingerprint density at radius 3 is 2.50 bits per heavy atom. The van der Waals surface area contributed by atoms with Crippen LogP contribution in [0.5, 0.6) is 5.88 Å². The number of morpholine rings is 1. The fourth-order valence-electron chi connectivity index (χ4n) is 3.71. The van der Waals surface area contributed by atoms with E-state index >= 15 is 0 Å². The lowest BCUT2D eigenvalue weighted by Crippen LogP contribution is -2.41. The summed E-state index contributed by atoms with van der Waals surface area (Å²) in [6.45, 7) is 3.33. The third-order valence-electron chi connectivity index (χ3n) is 5.46. The molecule has 4 rings (SSSR count). The number of aromatic nitrogens is 3. The summed E-state index contributed by atoms with van der Waals surface area (Å²) in [5, 5.41) is 10.6. The third kappa shape index (κ3) is 4.97. The summed E-state index contributed by atoms with van der Waals surface area (Å²) in [5.41, 5.74) is -3.66. The molecule has 3 heterocycles. The Kier molecular flexibility index (Phi) is 6.71. The number of carbonyl (C=O) groups is 1. The number of ether oxygens (including phenoxy) is 1. The maximum Gasteiger partial charge on any atom is 0.446 e. The van der Waals surface area contributed by atoms with Crippen LogP contribution in [0.15, 0.2) is 52.4 Å². The Morgan fingerprint density at radius 1 is 1.18 bits per heavy atom. The first kappa shape index (κ1) is 23.9. The van der Waals surface area contributed by atoms with Crippen molar-refractivity contribution in [2.24, 2.45) is 0 Å². The van der Waals surface area contributed by atoms with Gasteiger partial charge in [0, 0.05) is 30.4 Å². The van der Waals surface area contributed by atoms with Crippen molar-refractivity contribution in [3.8, 4) is 11.6 Å². The molecule has 1 aliphatic heterocycles. The molecule has 1 N–H and O–H groups in total. The maximum absolute atomic E-state index is 13.2. The zero-order valence-electron chi connectivity index (χ0n) is 18.1. The van der Waals surface area contributed by atoms with Crippen LogP contribution in [0, 0.1) is 6.92 Å². The van der Waals surface area contributed by atoms with Gasteiger partial charge in [0.25, 0.3) is 5.91 Å². The number of imidazole rings is 1. The number of halogens is 3. The number of nitrogens with zero attached hydrogens (tertiary/aromatic N) is 4. The summed E-state index contributed by atoms with van der Waals surface area (Å²) >= 11 is -0.266. The summed E-state index contributed by atoms with van der Waals surface area (Å²) in [4.78, 5) is 31.8. The van der Waals surface area contributed by atoms with Crippen LogP contribution >= 0.6 is 11.8 Å². The lowest BCUT2D eigenvalue weighted by molar-refractivity contribution is -0.0328. The van der Waals surface area contributed by atoms with Gasteiger partial charge in [0.2, 0.25) is 5.88 Å². The minimum absolute atomic E-state index is 0.00116. The van der Waals surface area contributed by atoms with Crippen molar-refractivity contribution >= 4 is 17.7 Å². The lowest BCUT2D eigenvalue weighted by atomic mass is 10.1. The first-order valence-corrected chi connectivity index (χ1v) is 11.1. The Labute approximate surface area is 196 Å². The first-order chi connectivity index (χ1) is 16.2. The molecule has 1 aromatic carbocycles. The van der Waals surface area contributed by atoms with Crippen molar-refractivity contribution in [3.05, 3.63) is 70.0 Å². The van der Waals surface area contributed by atoms with E-state index in [0.29, 0.717) is 37.4 Å². The second-order valence-corrected chi connectivity index (χ2v) is 8.73. The summed E-state index contributed by atoms with van der Waals surface area (Å²) in [6, 6.07) is 6.76. The monoisotopic (exact) mass is 494 g/mol. The van der Waals surface area contributed by atoms with Crippen LogP contribution < -0.4 is 5.69 Å². The minimum Gasteiger partial charge on any atom is -0.493 e. The van der Waals surface area contributed by atoms with Crippen molar-refractivity contribution < 1.29 is 27.8 Å². The Morgan fingerprint density at radius 2 is 1.85 bits per heavy atom. The number of carbonyl (C=O) groups excluding carboxylic acids is 1. The molecule has 1 amide bonds. The largest absolute Gasteiger partial charge is 0.493 e. The molecule has 0 saturated carbocycles. The molecule has 1 aliphatic rings. The molecule has 12 heteroatoms. The van der Waals surface area contributed by atoms with E-state index in [9.17, 15) is 27.9 Å². The summed E-state index contributed by atoms with van der Waals surface area (Å²) in [5.74, 6) is -0.560.